The molecule has 11 nitrogen and oxygen atoms in total. The van der Waals surface area contributed by atoms with Crippen molar-refractivity contribution < 1.29 is 29.6 Å². The predicted octanol–water partition coefficient (Wildman–Crippen LogP) is 3.12. The Morgan fingerprint density at radius 3 is 2.55 bits per heavy atom. The van der Waals surface area contributed by atoms with E-state index in [0.29, 0.717) is 11.1 Å². The minimum absolute atomic E-state index is 0.00344. The largest absolute Gasteiger partial charge is 0.506 e. The highest BCUT2D eigenvalue weighted by molar-refractivity contribution is 6.12. The maximum Gasteiger partial charge on any atom is 0.315 e. The molecular weight excluding hydrogens is 408 g/mol. The van der Waals surface area contributed by atoms with Gasteiger partial charge in [-0.2, -0.15) is 5.26 Å². The Hall–Kier alpha value is -4.85. The quantitative estimate of drug-likeness (QED) is 0.139. The lowest BCUT2D eigenvalue weighted by Gasteiger charge is -2.15. The van der Waals surface area contributed by atoms with Crippen molar-refractivity contribution in [1.29, 1.82) is 5.26 Å². The second kappa shape index (κ2) is 8.26. The van der Waals surface area contributed by atoms with E-state index in [0.717, 1.165) is 17.0 Å². The zero-order chi connectivity index (χ0) is 22.7. The van der Waals surface area contributed by atoms with Crippen LogP contribution in [-0.4, -0.2) is 38.4 Å². The van der Waals surface area contributed by atoms with Gasteiger partial charge in [0.1, 0.15) is 11.8 Å². The van der Waals surface area contributed by atoms with E-state index in [-0.39, 0.29) is 5.88 Å². The summed E-state index contributed by atoms with van der Waals surface area (Å²) in [5.41, 5.74) is -0.977. The fourth-order valence-electron chi connectivity index (χ4n) is 2.78. The molecule has 0 aliphatic rings. The Morgan fingerprint density at radius 1 is 1.26 bits per heavy atom. The molecule has 1 heterocycles. The molecule has 0 saturated carbocycles. The van der Waals surface area contributed by atoms with Gasteiger partial charge in [0.25, 0.3) is 5.91 Å². The van der Waals surface area contributed by atoms with Crippen molar-refractivity contribution in [2.24, 2.45) is 0 Å². The number of nitrogens with zero attached hydrogens (tertiary/aromatic N) is 4. The number of amides is 1. The highest BCUT2D eigenvalue weighted by Crippen LogP contribution is 2.38. The van der Waals surface area contributed by atoms with E-state index in [1.165, 1.54) is 13.2 Å². The number of nitriles is 1. The van der Waals surface area contributed by atoms with E-state index in [9.17, 15) is 35.5 Å². The third kappa shape index (κ3) is 3.85. The van der Waals surface area contributed by atoms with E-state index >= 15 is 0 Å². The third-order valence-electron chi connectivity index (χ3n) is 4.35. The first kappa shape index (κ1) is 20.9. The molecule has 11 heteroatoms. The van der Waals surface area contributed by atoms with Crippen LogP contribution in [0.3, 0.4) is 0 Å². The number of likely N-dealkylation sites (N-methyl/N-ethyl adjacent to an activating group) is 1. The Bertz CT molecular complexity index is 1240. The highest BCUT2D eigenvalue weighted by atomic mass is 16.6. The fourth-order valence-corrected chi connectivity index (χ4v) is 2.78. The molecule has 0 saturated heterocycles. The molecule has 3 aromatic rings. The summed E-state index contributed by atoms with van der Waals surface area (Å²) in [4.78, 5) is 23.9. The van der Waals surface area contributed by atoms with Gasteiger partial charge in [-0.1, -0.05) is 35.5 Å². The van der Waals surface area contributed by atoms with Gasteiger partial charge in [0.2, 0.25) is 11.6 Å². The number of aliphatic hydroxyl groups excluding tert-OH is 1. The van der Waals surface area contributed by atoms with Gasteiger partial charge in [-0.15, -0.1) is 0 Å². The average Bonchev–Trinajstić information content (AvgIpc) is 3.25. The molecule has 0 aliphatic carbocycles. The van der Waals surface area contributed by atoms with Gasteiger partial charge in [0, 0.05) is 18.7 Å². The Balaban J connectivity index is 2.05. The molecule has 0 atom stereocenters. The van der Waals surface area contributed by atoms with Crippen molar-refractivity contribution in [3.8, 4) is 28.7 Å². The van der Waals surface area contributed by atoms with Crippen molar-refractivity contribution in [2.45, 2.75) is 0 Å². The normalized spacial score (nSPS) is 11.4. The van der Waals surface area contributed by atoms with Crippen molar-refractivity contribution >= 4 is 23.2 Å². The summed E-state index contributed by atoms with van der Waals surface area (Å²) in [6, 6.07) is 11.9. The molecule has 0 unspecified atom stereocenters. The van der Waals surface area contributed by atoms with Crippen LogP contribution in [-0.2, 0) is 4.79 Å². The molecule has 3 N–H and O–H groups in total. The van der Waals surface area contributed by atoms with Crippen LogP contribution < -0.4 is 4.90 Å². The number of carbonyl (C=O) groups excluding carboxylic acids is 1. The van der Waals surface area contributed by atoms with E-state index in [4.69, 9.17) is 4.52 Å². The molecule has 0 spiro atoms. The van der Waals surface area contributed by atoms with Crippen LogP contribution >= 0.6 is 0 Å². The van der Waals surface area contributed by atoms with E-state index in [1.54, 1.807) is 36.4 Å². The number of carbonyl (C=O) groups is 1. The summed E-state index contributed by atoms with van der Waals surface area (Å²) in [5.74, 6) is -3.85. The molecule has 31 heavy (non-hydrogen) atoms. The lowest BCUT2D eigenvalue weighted by molar-refractivity contribution is -0.386. The Morgan fingerprint density at radius 2 is 1.94 bits per heavy atom. The number of rotatable bonds is 5. The van der Waals surface area contributed by atoms with Crippen molar-refractivity contribution in [3.63, 3.8) is 0 Å². The molecule has 2 aromatic carbocycles. The summed E-state index contributed by atoms with van der Waals surface area (Å²) in [5, 5.41) is 53.9. The summed E-state index contributed by atoms with van der Waals surface area (Å²) >= 11 is 0. The van der Waals surface area contributed by atoms with Crippen LogP contribution in [0.15, 0.2) is 58.8 Å². The molecule has 3 rings (SSSR count). The maximum absolute atomic E-state index is 12.9. The van der Waals surface area contributed by atoms with Gasteiger partial charge in [-0.3, -0.25) is 19.8 Å². The van der Waals surface area contributed by atoms with E-state index in [2.05, 4.69) is 5.16 Å². The Kier molecular flexibility index (Phi) is 5.56. The molecule has 1 aromatic heterocycles. The first-order valence-corrected chi connectivity index (χ1v) is 8.58. The van der Waals surface area contributed by atoms with Crippen molar-refractivity contribution in [3.05, 3.63) is 69.9 Å². The lowest BCUT2D eigenvalue weighted by Crippen LogP contribution is -2.28. The zero-order valence-electron chi connectivity index (χ0n) is 15.9. The average molecular weight is 422 g/mol. The number of benzene rings is 2. The number of hydrogen-bond donors (Lipinski definition) is 3. The summed E-state index contributed by atoms with van der Waals surface area (Å²) < 4.78 is 5.15. The van der Waals surface area contributed by atoms with Crippen LogP contribution in [0, 0.1) is 21.4 Å². The molecule has 0 radical (unpaired) electrons. The van der Waals surface area contributed by atoms with Crippen LogP contribution in [0.5, 0.6) is 11.5 Å². The van der Waals surface area contributed by atoms with E-state index < -0.39 is 44.9 Å². The molecule has 0 bridgehead atoms. The zero-order valence-corrected chi connectivity index (χ0v) is 15.9. The molecule has 0 aliphatic heterocycles. The number of nitro benzene ring substituents is 1. The van der Waals surface area contributed by atoms with Gasteiger partial charge in [0.15, 0.2) is 11.3 Å². The molecule has 156 valence electrons. The van der Waals surface area contributed by atoms with Gasteiger partial charge in [0.05, 0.1) is 16.7 Å². The monoisotopic (exact) mass is 422 g/mol. The minimum atomic E-state index is -1.02. The highest BCUT2D eigenvalue weighted by Gasteiger charge is 2.28. The van der Waals surface area contributed by atoms with Crippen LogP contribution in [0.1, 0.15) is 5.56 Å². The fraction of sp³-hybridized carbons (Fsp3) is 0.0500. The van der Waals surface area contributed by atoms with Crippen LogP contribution in [0.4, 0.5) is 11.6 Å². The smallest absolute Gasteiger partial charge is 0.315 e. The lowest BCUT2D eigenvalue weighted by atomic mass is 10.1. The van der Waals surface area contributed by atoms with Gasteiger partial charge >= 0.3 is 5.69 Å². The van der Waals surface area contributed by atoms with Crippen LogP contribution in [0.2, 0.25) is 0 Å². The topological polar surface area (TPSA) is 174 Å². The number of phenols is 2. The maximum atomic E-state index is 12.9. The number of aliphatic hydroxyl groups is 1. The van der Waals surface area contributed by atoms with Gasteiger partial charge < -0.3 is 19.8 Å². The van der Waals surface area contributed by atoms with Crippen LogP contribution in [0.25, 0.3) is 16.9 Å². The second-order valence-corrected chi connectivity index (χ2v) is 6.23. The number of anilines is 1. The number of aromatic hydroxyl groups is 2. The first-order valence-electron chi connectivity index (χ1n) is 8.58. The van der Waals surface area contributed by atoms with Gasteiger partial charge in [-0.25, -0.2) is 0 Å². The number of aromatic nitrogens is 1. The van der Waals surface area contributed by atoms with E-state index in [1.807, 2.05) is 0 Å². The molecule has 0 fully saturated rings. The number of hydrogen-bond acceptors (Lipinski definition) is 9. The Labute approximate surface area is 174 Å². The van der Waals surface area contributed by atoms with Crippen molar-refractivity contribution in [1.82, 2.24) is 5.16 Å². The molecule has 1 amide bonds. The van der Waals surface area contributed by atoms with Gasteiger partial charge in [-0.05, 0) is 11.6 Å². The summed E-state index contributed by atoms with van der Waals surface area (Å²) in [7, 11) is 1.29. The number of nitro groups is 1. The SMILES string of the molecule is CN(C(=O)/C(C#N)=C(\O)c1cc(O)c(O)c([N+](=O)[O-])c1)c1oncc1-c1ccccc1. The first-order chi connectivity index (χ1) is 14.8. The summed E-state index contributed by atoms with van der Waals surface area (Å²) in [6.45, 7) is 0. The summed E-state index contributed by atoms with van der Waals surface area (Å²) in [6.07, 6.45) is 1.38. The van der Waals surface area contributed by atoms with Crippen molar-refractivity contribution in [2.75, 3.05) is 11.9 Å². The minimum Gasteiger partial charge on any atom is -0.506 e. The third-order valence-corrected chi connectivity index (χ3v) is 4.35. The molecular formula is C20H14N4O7. The standard InChI is InChI=1S/C20H14N4O7/c1-23(20-14(10-22-31-20)11-5-3-2-4-6-11)19(28)13(9-21)17(26)12-7-15(24(29)30)18(27)16(25)8-12/h2-8,10,25-27H,1H3/b17-13-. The number of phenolic OH excluding ortho intramolecular Hbond substituents is 2. The second-order valence-electron chi connectivity index (χ2n) is 6.23. The predicted molar refractivity (Wildman–Crippen MR) is 107 cm³/mol.